The van der Waals surface area contributed by atoms with Crippen molar-refractivity contribution in [3.05, 3.63) is 54.1 Å². The second-order valence-electron chi connectivity index (χ2n) is 5.83. The van der Waals surface area contributed by atoms with Crippen molar-refractivity contribution in [1.29, 1.82) is 0 Å². The van der Waals surface area contributed by atoms with E-state index >= 15 is 0 Å². The SMILES string of the molecule is CCOC(=O)[C@H]1[C@@H]2Oc3ccc(-c4ccccc4)cc3C(=O)[C@@H]21. The number of ether oxygens (including phenoxy) is 2. The first-order chi connectivity index (χ1) is 11.2. The van der Waals surface area contributed by atoms with E-state index in [9.17, 15) is 9.59 Å². The van der Waals surface area contributed by atoms with Gasteiger partial charge in [-0.1, -0.05) is 36.4 Å². The number of hydrogen-bond acceptors (Lipinski definition) is 4. The molecule has 1 fully saturated rings. The summed E-state index contributed by atoms with van der Waals surface area (Å²) in [5.74, 6) is -0.663. The van der Waals surface area contributed by atoms with Crippen molar-refractivity contribution < 1.29 is 19.1 Å². The van der Waals surface area contributed by atoms with Gasteiger partial charge in [-0.05, 0) is 30.2 Å². The summed E-state index contributed by atoms with van der Waals surface area (Å²) in [5, 5.41) is 0. The van der Waals surface area contributed by atoms with Gasteiger partial charge in [0.15, 0.2) is 5.78 Å². The van der Waals surface area contributed by atoms with Gasteiger partial charge in [0.1, 0.15) is 17.8 Å². The Bertz CT molecular complexity index is 781. The highest BCUT2D eigenvalue weighted by Gasteiger charge is 2.64. The van der Waals surface area contributed by atoms with Crippen molar-refractivity contribution in [3.8, 4) is 16.9 Å². The molecule has 0 saturated heterocycles. The highest BCUT2D eigenvalue weighted by atomic mass is 16.5. The lowest BCUT2D eigenvalue weighted by atomic mass is 9.97. The molecule has 2 aromatic carbocycles. The number of fused-ring (bicyclic) bond motifs is 2. The summed E-state index contributed by atoms with van der Waals surface area (Å²) in [6, 6.07) is 15.5. The molecule has 116 valence electrons. The summed E-state index contributed by atoms with van der Waals surface area (Å²) in [6.07, 6.45) is -0.364. The van der Waals surface area contributed by atoms with E-state index in [0.717, 1.165) is 11.1 Å². The van der Waals surface area contributed by atoms with E-state index in [1.807, 2.05) is 48.5 Å². The molecular weight excluding hydrogens is 292 g/mol. The van der Waals surface area contributed by atoms with E-state index in [1.165, 1.54) is 0 Å². The van der Waals surface area contributed by atoms with E-state index in [2.05, 4.69) is 0 Å². The Labute approximate surface area is 134 Å². The molecule has 4 nitrogen and oxygen atoms in total. The van der Waals surface area contributed by atoms with E-state index < -0.39 is 11.8 Å². The quantitative estimate of drug-likeness (QED) is 0.818. The molecule has 0 amide bonds. The fourth-order valence-corrected chi connectivity index (χ4v) is 3.22. The molecule has 1 aliphatic carbocycles. The first kappa shape index (κ1) is 14.0. The van der Waals surface area contributed by atoms with Crippen LogP contribution in [0.25, 0.3) is 11.1 Å². The van der Waals surface area contributed by atoms with E-state index in [4.69, 9.17) is 9.47 Å². The van der Waals surface area contributed by atoms with Crippen molar-refractivity contribution in [3.63, 3.8) is 0 Å². The highest BCUT2D eigenvalue weighted by Crippen LogP contribution is 2.50. The van der Waals surface area contributed by atoms with Crippen LogP contribution in [0.2, 0.25) is 0 Å². The lowest BCUT2D eigenvalue weighted by molar-refractivity contribution is -0.145. The minimum absolute atomic E-state index is 0.0212. The smallest absolute Gasteiger partial charge is 0.313 e. The predicted octanol–water partition coefficient (Wildman–Crippen LogP) is 3.11. The molecule has 1 aliphatic heterocycles. The topological polar surface area (TPSA) is 52.6 Å². The molecule has 1 saturated carbocycles. The maximum atomic E-state index is 12.7. The summed E-state index contributed by atoms with van der Waals surface area (Å²) < 4.78 is 10.9. The van der Waals surface area contributed by atoms with Gasteiger partial charge in [-0.15, -0.1) is 0 Å². The molecule has 0 radical (unpaired) electrons. The van der Waals surface area contributed by atoms with Gasteiger partial charge in [-0.25, -0.2) is 0 Å². The Morgan fingerprint density at radius 1 is 1.13 bits per heavy atom. The fraction of sp³-hybridized carbons (Fsp3) is 0.263. The minimum Gasteiger partial charge on any atom is -0.488 e. The first-order valence-corrected chi connectivity index (χ1v) is 7.77. The van der Waals surface area contributed by atoms with Gasteiger partial charge in [0, 0.05) is 0 Å². The molecule has 2 aliphatic rings. The minimum atomic E-state index is -0.463. The Morgan fingerprint density at radius 2 is 1.91 bits per heavy atom. The Balaban J connectivity index is 1.65. The molecule has 4 heteroatoms. The number of carbonyl (C=O) groups is 2. The number of hydrogen-bond donors (Lipinski definition) is 0. The molecule has 0 bridgehead atoms. The van der Waals surface area contributed by atoms with Crippen molar-refractivity contribution in [2.75, 3.05) is 6.61 Å². The van der Waals surface area contributed by atoms with Gasteiger partial charge in [0.2, 0.25) is 0 Å². The second kappa shape index (κ2) is 5.23. The zero-order valence-corrected chi connectivity index (χ0v) is 12.7. The molecule has 3 atom stereocenters. The van der Waals surface area contributed by atoms with Gasteiger partial charge in [-0.2, -0.15) is 0 Å². The average Bonchev–Trinajstić information content (AvgIpc) is 3.30. The van der Waals surface area contributed by atoms with Gasteiger partial charge < -0.3 is 9.47 Å². The summed E-state index contributed by atoms with van der Waals surface area (Å²) in [7, 11) is 0. The fourth-order valence-electron chi connectivity index (χ4n) is 3.22. The van der Waals surface area contributed by atoms with Crippen molar-refractivity contribution in [2.24, 2.45) is 11.8 Å². The molecular formula is C19H16O4. The molecule has 0 aromatic heterocycles. The monoisotopic (exact) mass is 308 g/mol. The van der Waals surface area contributed by atoms with E-state index in [0.29, 0.717) is 17.9 Å². The van der Waals surface area contributed by atoms with Gasteiger partial charge in [0.05, 0.1) is 18.1 Å². The zero-order chi connectivity index (χ0) is 16.0. The van der Waals surface area contributed by atoms with Crippen LogP contribution in [0, 0.1) is 11.8 Å². The van der Waals surface area contributed by atoms with Crippen molar-refractivity contribution >= 4 is 11.8 Å². The molecule has 0 N–H and O–H groups in total. The number of carbonyl (C=O) groups excluding carboxylic acids is 2. The number of rotatable bonds is 3. The van der Waals surface area contributed by atoms with Crippen LogP contribution in [0.3, 0.4) is 0 Å². The van der Waals surface area contributed by atoms with Crippen molar-refractivity contribution in [2.45, 2.75) is 13.0 Å². The zero-order valence-electron chi connectivity index (χ0n) is 12.7. The molecule has 0 unspecified atom stereocenters. The Hall–Kier alpha value is -2.62. The third kappa shape index (κ3) is 2.22. The molecule has 4 rings (SSSR count). The van der Waals surface area contributed by atoms with Crippen LogP contribution < -0.4 is 4.74 Å². The van der Waals surface area contributed by atoms with Crippen molar-refractivity contribution in [1.82, 2.24) is 0 Å². The Morgan fingerprint density at radius 3 is 2.65 bits per heavy atom. The summed E-state index contributed by atoms with van der Waals surface area (Å²) in [5.41, 5.74) is 2.57. The van der Waals surface area contributed by atoms with E-state index in [1.54, 1.807) is 6.92 Å². The van der Waals surface area contributed by atoms with Gasteiger partial charge >= 0.3 is 5.97 Å². The van der Waals surface area contributed by atoms with Gasteiger partial charge in [0.25, 0.3) is 0 Å². The Kier molecular flexibility index (Phi) is 3.18. The maximum Gasteiger partial charge on any atom is 0.313 e. The van der Waals surface area contributed by atoms with Gasteiger partial charge in [-0.3, -0.25) is 9.59 Å². The summed E-state index contributed by atoms with van der Waals surface area (Å²) in [6.45, 7) is 2.07. The standard InChI is InChI=1S/C19H16O4/c1-2-22-19(21)16-15-17(20)13-10-12(11-6-4-3-5-7-11)8-9-14(13)23-18(15)16/h3-10,15-16,18H,2H2,1H3/t15-,16+,18+/m0/s1. The molecule has 0 spiro atoms. The lowest BCUT2D eigenvalue weighted by Gasteiger charge is -2.16. The third-order valence-corrected chi connectivity index (χ3v) is 4.43. The highest BCUT2D eigenvalue weighted by molar-refractivity contribution is 6.07. The van der Waals surface area contributed by atoms with Crippen LogP contribution in [-0.2, 0) is 9.53 Å². The normalized spacial score (nSPS) is 24.2. The van der Waals surface area contributed by atoms with Crippen LogP contribution in [0.5, 0.6) is 5.75 Å². The van der Waals surface area contributed by atoms with Crippen LogP contribution >= 0.6 is 0 Å². The molecule has 23 heavy (non-hydrogen) atoms. The predicted molar refractivity (Wildman–Crippen MR) is 84.2 cm³/mol. The number of ketones is 1. The van der Waals surface area contributed by atoms with Crippen LogP contribution in [0.1, 0.15) is 17.3 Å². The third-order valence-electron chi connectivity index (χ3n) is 4.43. The molecule has 1 heterocycles. The number of benzene rings is 2. The van der Waals surface area contributed by atoms with Crippen LogP contribution in [-0.4, -0.2) is 24.5 Å². The molecule has 2 aromatic rings. The first-order valence-electron chi connectivity index (χ1n) is 7.77. The average molecular weight is 308 g/mol. The number of esters is 1. The number of Topliss-reactive ketones (excluding diaryl/α,β-unsaturated/α-hetero) is 1. The summed E-state index contributed by atoms with van der Waals surface area (Å²) >= 11 is 0. The maximum absolute atomic E-state index is 12.7. The largest absolute Gasteiger partial charge is 0.488 e. The second-order valence-corrected chi connectivity index (χ2v) is 5.83. The van der Waals surface area contributed by atoms with Crippen LogP contribution in [0.4, 0.5) is 0 Å². The summed E-state index contributed by atoms with van der Waals surface area (Å²) in [4.78, 5) is 24.6. The lowest BCUT2D eigenvalue weighted by Crippen LogP contribution is -2.17. The van der Waals surface area contributed by atoms with Crippen LogP contribution in [0.15, 0.2) is 48.5 Å². The van der Waals surface area contributed by atoms with E-state index in [-0.39, 0.29) is 17.9 Å².